The predicted molar refractivity (Wildman–Crippen MR) is 88.2 cm³/mol. The molecule has 0 aliphatic rings. The Hall–Kier alpha value is -2.52. The first-order valence-corrected chi connectivity index (χ1v) is 6.96. The van der Waals surface area contributed by atoms with E-state index >= 15 is 0 Å². The Balaban J connectivity index is 1.99. The van der Waals surface area contributed by atoms with Gasteiger partial charge in [0.25, 0.3) is 0 Å². The first kappa shape index (κ1) is 12.2. The molecule has 0 radical (unpaired) electrons. The number of hydrogen-bond donors (Lipinski definition) is 1. The van der Waals surface area contributed by atoms with Crippen LogP contribution in [0.4, 0.5) is 0 Å². The van der Waals surface area contributed by atoms with Crippen LogP contribution in [0.15, 0.2) is 71.1 Å². The van der Waals surface area contributed by atoms with Gasteiger partial charge in [-0.15, -0.1) is 0 Å². The topological polar surface area (TPSA) is 33.4 Å². The molecule has 0 aliphatic heterocycles. The van der Waals surface area contributed by atoms with Crippen LogP contribution in [-0.2, 0) is 0 Å². The van der Waals surface area contributed by atoms with Crippen molar-refractivity contribution in [2.45, 2.75) is 0 Å². The molecule has 1 N–H and O–H groups in total. The third-order valence-corrected chi connectivity index (χ3v) is 3.82. The van der Waals surface area contributed by atoms with E-state index in [2.05, 4.69) is 24.3 Å². The molecule has 1 heterocycles. The van der Waals surface area contributed by atoms with Gasteiger partial charge in [-0.25, -0.2) is 0 Å². The van der Waals surface area contributed by atoms with Crippen molar-refractivity contribution in [1.29, 1.82) is 0 Å². The van der Waals surface area contributed by atoms with Crippen LogP contribution in [-0.4, -0.2) is 12.5 Å². The first-order valence-electron chi connectivity index (χ1n) is 6.96. The van der Waals surface area contributed by atoms with Gasteiger partial charge in [0.05, 0.1) is 0 Å². The molecule has 0 saturated heterocycles. The summed E-state index contributed by atoms with van der Waals surface area (Å²) in [7, 11) is 0.0426. The summed E-state index contributed by atoms with van der Waals surface area (Å²) in [6.07, 6.45) is 0. The average Bonchev–Trinajstić information content (AvgIpc) is 2.92. The number of furan rings is 1. The van der Waals surface area contributed by atoms with Gasteiger partial charge in [0.2, 0.25) is 0 Å². The standard InChI is InChI=1S/C18H13BO2/c20-19-14-7-9-18-16(11-14)15-10-13(6-8-17(15)21-18)12-4-2-1-3-5-12/h1-11,19-20H. The highest BCUT2D eigenvalue weighted by atomic mass is 16.3. The third kappa shape index (κ3) is 2.03. The lowest BCUT2D eigenvalue weighted by molar-refractivity contribution is 0.615. The Morgan fingerprint density at radius 3 is 2.19 bits per heavy atom. The largest absolute Gasteiger partial charge is 0.456 e. The second kappa shape index (κ2) is 4.79. The van der Waals surface area contributed by atoms with E-state index in [9.17, 15) is 5.02 Å². The fourth-order valence-corrected chi connectivity index (χ4v) is 2.73. The van der Waals surface area contributed by atoms with E-state index in [0.717, 1.165) is 27.4 Å². The highest BCUT2D eigenvalue weighted by molar-refractivity contribution is 6.46. The summed E-state index contributed by atoms with van der Waals surface area (Å²) in [4.78, 5) is 0. The van der Waals surface area contributed by atoms with E-state index in [4.69, 9.17) is 4.42 Å². The van der Waals surface area contributed by atoms with Gasteiger partial charge >= 0.3 is 7.48 Å². The van der Waals surface area contributed by atoms with Gasteiger partial charge in [-0.05, 0) is 29.3 Å². The molecule has 4 aromatic rings. The van der Waals surface area contributed by atoms with Crippen molar-refractivity contribution in [3.8, 4) is 11.1 Å². The monoisotopic (exact) mass is 272 g/mol. The van der Waals surface area contributed by atoms with Crippen molar-refractivity contribution in [2.75, 3.05) is 0 Å². The average molecular weight is 272 g/mol. The third-order valence-electron chi connectivity index (χ3n) is 3.82. The van der Waals surface area contributed by atoms with Crippen LogP contribution in [0.5, 0.6) is 0 Å². The molecule has 3 heteroatoms. The van der Waals surface area contributed by atoms with Crippen LogP contribution < -0.4 is 5.46 Å². The highest BCUT2D eigenvalue weighted by Crippen LogP contribution is 2.31. The molecule has 0 aliphatic carbocycles. The van der Waals surface area contributed by atoms with Crippen LogP contribution in [0.2, 0.25) is 0 Å². The van der Waals surface area contributed by atoms with Crippen LogP contribution in [0.1, 0.15) is 0 Å². The molecule has 3 aromatic carbocycles. The molecule has 4 rings (SSSR count). The van der Waals surface area contributed by atoms with Crippen molar-refractivity contribution in [1.82, 2.24) is 0 Å². The van der Waals surface area contributed by atoms with Crippen LogP contribution in [0.25, 0.3) is 33.1 Å². The van der Waals surface area contributed by atoms with Gasteiger partial charge in [-0.3, -0.25) is 0 Å². The lowest BCUT2D eigenvalue weighted by Crippen LogP contribution is -2.11. The molecule has 1 aromatic heterocycles. The summed E-state index contributed by atoms with van der Waals surface area (Å²) in [5, 5.41) is 11.4. The molecule has 0 spiro atoms. The summed E-state index contributed by atoms with van der Waals surface area (Å²) in [6, 6.07) is 22.3. The Bertz CT molecular complexity index is 926. The van der Waals surface area contributed by atoms with Crippen LogP contribution in [0, 0.1) is 0 Å². The van der Waals surface area contributed by atoms with Crippen LogP contribution in [0.3, 0.4) is 0 Å². The highest BCUT2D eigenvalue weighted by Gasteiger charge is 2.09. The maximum absolute atomic E-state index is 9.31. The minimum absolute atomic E-state index is 0.0426. The second-order valence-electron chi connectivity index (χ2n) is 5.17. The molecule has 0 saturated carbocycles. The van der Waals surface area contributed by atoms with Gasteiger partial charge in [0, 0.05) is 10.8 Å². The lowest BCUT2D eigenvalue weighted by atomic mass is 9.88. The normalized spacial score (nSPS) is 11.1. The fraction of sp³-hybridized carbons (Fsp3) is 0. The number of hydrogen-bond acceptors (Lipinski definition) is 2. The number of benzene rings is 3. The molecule has 0 bridgehead atoms. The summed E-state index contributed by atoms with van der Waals surface area (Å²) in [5.74, 6) is 0. The van der Waals surface area contributed by atoms with Gasteiger partial charge in [0.15, 0.2) is 0 Å². The maximum atomic E-state index is 9.31. The molecular formula is C18H13BO2. The summed E-state index contributed by atoms with van der Waals surface area (Å²) < 4.78 is 5.86. The Morgan fingerprint density at radius 1 is 0.714 bits per heavy atom. The van der Waals surface area contributed by atoms with Gasteiger partial charge in [-0.2, -0.15) is 0 Å². The van der Waals surface area contributed by atoms with E-state index in [-0.39, 0.29) is 7.48 Å². The molecule has 0 amide bonds. The summed E-state index contributed by atoms with van der Waals surface area (Å²) >= 11 is 0. The Labute approximate surface area is 122 Å². The van der Waals surface area contributed by atoms with E-state index in [1.165, 1.54) is 11.1 Å². The maximum Gasteiger partial charge on any atom is 0.304 e. The van der Waals surface area contributed by atoms with E-state index in [1.54, 1.807) is 0 Å². The van der Waals surface area contributed by atoms with Crippen molar-refractivity contribution >= 4 is 34.9 Å². The van der Waals surface area contributed by atoms with E-state index in [0.29, 0.717) is 0 Å². The van der Waals surface area contributed by atoms with Gasteiger partial charge < -0.3 is 9.44 Å². The summed E-state index contributed by atoms with van der Waals surface area (Å²) in [6.45, 7) is 0. The van der Waals surface area contributed by atoms with E-state index in [1.807, 2.05) is 42.5 Å². The number of rotatable bonds is 2. The van der Waals surface area contributed by atoms with Gasteiger partial charge in [-0.1, -0.05) is 54.0 Å². The minimum atomic E-state index is 0.0426. The quantitative estimate of drug-likeness (QED) is 0.568. The Kier molecular flexibility index (Phi) is 2.79. The second-order valence-corrected chi connectivity index (χ2v) is 5.17. The van der Waals surface area contributed by atoms with Crippen molar-refractivity contribution < 1.29 is 9.44 Å². The molecule has 100 valence electrons. The number of fused-ring (bicyclic) bond motifs is 3. The van der Waals surface area contributed by atoms with Crippen molar-refractivity contribution in [3.05, 3.63) is 66.7 Å². The zero-order valence-electron chi connectivity index (χ0n) is 11.4. The molecule has 21 heavy (non-hydrogen) atoms. The molecule has 0 fully saturated rings. The molecule has 0 atom stereocenters. The molecular weight excluding hydrogens is 259 g/mol. The van der Waals surface area contributed by atoms with E-state index < -0.39 is 0 Å². The minimum Gasteiger partial charge on any atom is -0.456 e. The zero-order chi connectivity index (χ0) is 14.2. The van der Waals surface area contributed by atoms with Crippen LogP contribution >= 0.6 is 0 Å². The smallest absolute Gasteiger partial charge is 0.304 e. The molecule has 2 nitrogen and oxygen atoms in total. The van der Waals surface area contributed by atoms with Crippen molar-refractivity contribution in [2.24, 2.45) is 0 Å². The van der Waals surface area contributed by atoms with Crippen molar-refractivity contribution in [3.63, 3.8) is 0 Å². The zero-order valence-corrected chi connectivity index (χ0v) is 11.4. The fourth-order valence-electron chi connectivity index (χ4n) is 2.73. The predicted octanol–water partition coefficient (Wildman–Crippen LogP) is 3.22. The molecule has 0 unspecified atom stereocenters. The van der Waals surface area contributed by atoms with Gasteiger partial charge in [0.1, 0.15) is 11.2 Å². The lowest BCUT2D eigenvalue weighted by Gasteiger charge is -2.01. The SMILES string of the molecule is OBc1ccc2oc3ccc(-c4ccccc4)cc3c2c1. The Morgan fingerprint density at radius 2 is 1.43 bits per heavy atom. The summed E-state index contributed by atoms with van der Waals surface area (Å²) in [5.41, 5.74) is 4.98. The first-order chi connectivity index (χ1) is 10.3.